The van der Waals surface area contributed by atoms with E-state index < -0.39 is 11.9 Å². The van der Waals surface area contributed by atoms with Crippen molar-refractivity contribution in [1.82, 2.24) is 15.2 Å². The first-order chi connectivity index (χ1) is 10.5. The highest BCUT2D eigenvalue weighted by Crippen LogP contribution is 2.15. The predicted molar refractivity (Wildman–Crippen MR) is 80.3 cm³/mol. The summed E-state index contributed by atoms with van der Waals surface area (Å²) in [7, 11) is 1.49. The standard InChI is InChI=1S/C15H17FN4O2/c1-10-6-4-5-7-13(10)22-9-14(21)18-17-8-12-11(2)19-20(3)15(12)16/h4-8H,9H2,1-3H3,(H,18,21)/b17-8-. The Balaban J connectivity index is 1.88. The van der Waals surface area contributed by atoms with Crippen LogP contribution < -0.4 is 10.2 Å². The maximum Gasteiger partial charge on any atom is 0.277 e. The third-order valence-corrected chi connectivity index (χ3v) is 3.03. The maximum atomic E-state index is 13.6. The molecule has 1 aromatic carbocycles. The van der Waals surface area contributed by atoms with E-state index >= 15 is 0 Å². The topological polar surface area (TPSA) is 68.5 Å². The summed E-state index contributed by atoms with van der Waals surface area (Å²) in [4.78, 5) is 11.6. The van der Waals surface area contributed by atoms with Gasteiger partial charge >= 0.3 is 0 Å². The van der Waals surface area contributed by atoms with Gasteiger partial charge in [0.2, 0.25) is 5.95 Å². The number of hydrazone groups is 1. The van der Waals surface area contributed by atoms with Gasteiger partial charge in [-0.3, -0.25) is 4.79 Å². The minimum Gasteiger partial charge on any atom is -0.483 e. The Labute approximate surface area is 127 Å². The van der Waals surface area contributed by atoms with Gasteiger partial charge in [-0.05, 0) is 25.5 Å². The molecule has 2 aromatic rings. The maximum absolute atomic E-state index is 13.6. The molecule has 0 aliphatic rings. The monoisotopic (exact) mass is 304 g/mol. The van der Waals surface area contributed by atoms with E-state index in [2.05, 4.69) is 15.6 Å². The molecule has 0 unspecified atom stereocenters. The lowest BCUT2D eigenvalue weighted by Gasteiger charge is -2.07. The van der Waals surface area contributed by atoms with Crippen LogP contribution in [0.4, 0.5) is 4.39 Å². The first-order valence-corrected chi connectivity index (χ1v) is 6.68. The van der Waals surface area contributed by atoms with Crippen molar-refractivity contribution in [3.05, 3.63) is 47.0 Å². The van der Waals surface area contributed by atoms with E-state index in [0.29, 0.717) is 11.4 Å². The van der Waals surface area contributed by atoms with Gasteiger partial charge in [0.05, 0.1) is 17.5 Å². The molecule has 116 valence electrons. The van der Waals surface area contributed by atoms with Crippen LogP contribution >= 0.6 is 0 Å². The van der Waals surface area contributed by atoms with Crippen LogP contribution in [0.15, 0.2) is 29.4 Å². The summed E-state index contributed by atoms with van der Waals surface area (Å²) in [6.45, 7) is 3.38. The number of nitrogens with one attached hydrogen (secondary N) is 1. The normalized spacial score (nSPS) is 10.9. The number of aryl methyl sites for hydroxylation is 3. The van der Waals surface area contributed by atoms with Gasteiger partial charge in [0, 0.05) is 7.05 Å². The number of aromatic nitrogens is 2. The minimum absolute atomic E-state index is 0.170. The highest BCUT2D eigenvalue weighted by atomic mass is 19.1. The molecular weight excluding hydrogens is 287 g/mol. The zero-order chi connectivity index (χ0) is 16.1. The van der Waals surface area contributed by atoms with Crippen LogP contribution in [-0.4, -0.2) is 28.5 Å². The Kier molecular flexibility index (Phi) is 4.88. The Bertz CT molecular complexity index is 710. The van der Waals surface area contributed by atoms with Crippen molar-refractivity contribution in [3.8, 4) is 5.75 Å². The molecule has 1 N–H and O–H groups in total. The highest BCUT2D eigenvalue weighted by molar-refractivity contribution is 5.83. The fourth-order valence-corrected chi connectivity index (χ4v) is 1.86. The fraction of sp³-hybridized carbons (Fsp3) is 0.267. The largest absolute Gasteiger partial charge is 0.483 e. The second kappa shape index (κ2) is 6.84. The summed E-state index contributed by atoms with van der Waals surface area (Å²) in [5.41, 5.74) is 3.96. The van der Waals surface area contributed by atoms with Crippen molar-refractivity contribution in [1.29, 1.82) is 0 Å². The predicted octanol–water partition coefficient (Wildman–Crippen LogP) is 1.71. The zero-order valence-corrected chi connectivity index (χ0v) is 12.6. The van der Waals surface area contributed by atoms with Crippen LogP contribution in [0.1, 0.15) is 16.8 Å². The SMILES string of the molecule is Cc1ccccc1OCC(=O)N/N=C\c1c(C)nn(C)c1F. The molecule has 6 nitrogen and oxygen atoms in total. The number of ether oxygens (including phenoxy) is 1. The Morgan fingerprint density at radius 2 is 2.18 bits per heavy atom. The zero-order valence-electron chi connectivity index (χ0n) is 12.6. The lowest BCUT2D eigenvalue weighted by atomic mass is 10.2. The van der Waals surface area contributed by atoms with Crippen molar-refractivity contribution in [2.45, 2.75) is 13.8 Å². The third-order valence-electron chi connectivity index (χ3n) is 3.03. The highest BCUT2D eigenvalue weighted by Gasteiger charge is 2.10. The Morgan fingerprint density at radius 1 is 1.45 bits per heavy atom. The molecule has 1 heterocycles. The number of halogens is 1. The molecule has 0 radical (unpaired) electrons. The lowest BCUT2D eigenvalue weighted by molar-refractivity contribution is -0.123. The molecule has 0 fully saturated rings. The second-order valence-electron chi connectivity index (χ2n) is 4.76. The van der Waals surface area contributed by atoms with Gasteiger partial charge in [-0.2, -0.15) is 14.6 Å². The number of carbonyl (C=O) groups is 1. The van der Waals surface area contributed by atoms with E-state index in [1.165, 1.54) is 13.3 Å². The average Bonchev–Trinajstić information content (AvgIpc) is 2.72. The lowest BCUT2D eigenvalue weighted by Crippen LogP contribution is -2.24. The number of nitrogens with zero attached hydrogens (tertiary/aromatic N) is 3. The molecule has 0 saturated heterocycles. The van der Waals surface area contributed by atoms with Crippen molar-refractivity contribution in [3.63, 3.8) is 0 Å². The van der Waals surface area contributed by atoms with Crippen LogP contribution in [0.5, 0.6) is 5.75 Å². The van der Waals surface area contributed by atoms with Crippen molar-refractivity contribution < 1.29 is 13.9 Å². The van der Waals surface area contributed by atoms with Gasteiger partial charge in [0.25, 0.3) is 5.91 Å². The van der Waals surface area contributed by atoms with E-state index in [1.807, 2.05) is 25.1 Å². The summed E-state index contributed by atoms with van der Waals surface area (Å²) >= 11 is 0. The summed E-state index contributed by atoms with van der Waals surface area (Å²) in [5.74, 6) is -0.302. The first-order valence-electron chi connectivity index (χ1n) is 6.68. The number of para-hydroxylation sites is 1. The Morgan fingerprint density at radius 3 is 2.82 bits per heavy atom. The molecule has 1 aromatic heterocycles. The van der Waals surface area contributed by atoms with Crippen LogP contribution in [0.2, 0.25) is 0 Å². The number of benzene rings is 1. The molecular formula is C15H17FN4O2. The number of hydrogen-bond acceptors (Lipinski definition) is 4. The molecule has 0 aliphatic carbocycles. The summed E-state index contributed by atoms with van der Waals surface area (Å²) in [6, 6.07) is 7.38. The fourth-order valence-electron chi connectivity index (χ4n) is 1.86. The van der Waals surface area contributed by atoms with Gasteiger partial charge in [-0.25, -0.2) is 10.1 Å². The summed E-state index contributed by atoms with van der Waals surface area (Å²) in [6.07, 6.45) is 1.23. The molecule has 7 heteroatoms. The van der Waals surface area contributed by atoms with E-state index in [0.717, 1.165) is 10.2 Å². The molecule has 0 spiro atoms. The van der Waals surface area contributed by atoms with Gasteiger partial charge < -0.3 is 4.74 Å². The number of rotatable bonds is 5. The quantitative estimate of drug-likeness (QED) is 0.675. The number of hydrogen-bond donors (Lipinski definition) is 1. The van der Waals surface area contributed by atoms with Gasteiger partial charge in [0.1, 0.15) is 5.75 Å². The molecule has 0 saturated carbocycles. The summed E-state index contributed by atoms with van der Waals surface area (Å²) < 4.78 is 20.1. The van der Waals surface area contributed by atoms with Crippen molar-refractivity contribution in [2.75, 3.05) is 6.61 Å². The van der Waals surface area contributed by atoms with Crippen molar-refractivity contribution in [2.24, 2.45) is 12.1 Å². The number of carbonyl (C=O) groups excluding carboxylic acids is 1. The van der Waals surface area contributed by atoms with Crippen molar-refractivity contribution >= 4 is 12.1 Å². The van der Waals surface area contributed by atoms with Gasteiger partial charge in [-0.1, -0.05) is 18.2 Å². The molecule has 1 amide bonds. The van der Waals surface area contributed by atoms with Gasteiger partial charge in [-0.15, -0.1) is 0 Å². The first kappa shape index (κ1) is 15.7. The average molecular weight is 304 g/mol. The van der Waals surface area contributed by atoms with E-state index in [1.54, 1.807) is 13.0 Å². The summed E-state index contributed by atoms with van der Waals surface area (Å²) in [5, 5.41) is 7.62. The van der Waals surface area contributed by atoms with E-state index in [-0.39, 0.29) is 12.2 Å². The smallest absolute Gasteiger partial charge is 0.277 e. The molecule has 22 heavy (non-hydrogen) atoms. The van der Waals surface area contributed by atoms with E-state index in [9.17, 15) is 9.18 Å². The Hall–Kier alpha value is -2.70. The number of amides is 1. The van der Waals surface area contributed by atoms with E-state index in [4.69, 9.17) is 4.74 Å². The van der Waals surface area contributed by atoms with Crippen LogP contribution in [0, 0.1) is 19.8 Å². The van der Waals surface area contributed by atoms with Crippen LogP contribution in [0.3, 0.4) is 0 Å². The molecule has 0 aliphatic heterocycles. The van der Waals surface area contributed by atoms with Crippen LogP contribution in [-0.2, 0) is 11.8 Å². The third kappa shape index (κ3) is 3.69. The molecule has 2 rings (SSSR count). The van der Waals surface area contributed by atoms with Gasteiger partial charge in [0.15, 0.2) is 6.61 Å². The second-order valence-corrected chi connectivity index (χ2v) is 4.76. The molecule has 0 atom stereocenters. The van der Waals surface area contributed by atoms with Crippen LogP contribution in [0.25, 0.3) is 0 Å². The molecule has 0 bridgehead atoms. The minimum atomic E-state index is -0.508.